The standard InChI is InChI=1S/C28H37N3O3/c1-4-6-7-8-9-11-27(5-2,17-29)21-14-23(33)25-22-13-20(16-32)10-12-26(22,3)28(18-30,19-31)34-24(25)15-21/h4-5,10,14-15,17-19,22,29-33H,1-2,6-9,11-13,16H2,3H3/t22-,26+,27?,28?/m0/s1. The summed E-state index contributed by atoms with van der Waals surface area (Å²) in [5, 5.41) is 45.6. The van der Waals surface area contributed by atoms with Crippen molar-refractivity contribution < 1.29 is 14.9 Å². The predicted molar refractivity (Wildman–Crippen MR) is 138 cm³/mol. The highest BCUT2D eigenvalue weighted by atomic mass is 16.5. The maximum atomic E-state index is 11.3. The van der Waals surface area contributed by atoms with Gasteiger partial charge in [0.2, 0.25) is 0 Å². The summed E-state index contributed by atoms with van der Waals surface area (Å²) in [4.78, 5) is 0. The summed E-state index contributed by atoms with van der Waals surface area (Å²) in [5.41, 5.74) is -0.478. The second-order valence-electron chi connectivity index (χ2n) is 9.77. The fraction of sp³-hybridized carbons (Fsp3) is 0.464. The molecule has 1 heterocycles. The molecule has 3 atom stereocenters. The van der Waals surface area contributed by atoms with Gasteiger partial charge in [-0.25, -0.2) is 0 Å². The van der Waals surface area contributed by atoms with E-state index >= 15 is 0 Å². The van der Waals surface area contributed by atoms with Crippen molar-refractivity contribution in [2.75, 3.05) is 6.61 Å². The Morgan fingerprint density at radius 2 is 1.91 bits per heavy atom. The molecule has 0 saturated heterocycles. The fourth-order valence-corrected chi connectivity index (χ4v) is 5.56. The van der Waals surface area contributed by atoms with E-state index in [1.165, 1.54) is 18.6 Å². The Morgan fingerprint density at radius 1 is 1.18 bits per heavy atom. The highest BCUT2D eigenvalue weighted by Crippen LogP contribution is 2.60. The van der Waals surface area contributed by atoms with E-state index in [4.69, 9.17) is 21.0 Å². The number of ether oxygens (including phenoxy) is 1. The second-order valence-corrected chi connectivity index (χ2v) is 9.77. The third-order valence-electron chi connectivity index (χ3n) is 7.98. The van der Waals surface area contributed by atoms with Crippen LogP contribution >= 0.6 is 0 Å². The van der Waals surface area contributed by atoms with Crippen molar-refractivity contribution in [3.05, 3.63) is 60.2 Å². The smallest absolute Gasteiger partial charge is 0.184 e. The number of allylic oxidation sites excluding steroid dienone is 3. The summed E-state index contributed by atoms with van der Waals surface area (Å²) >= 11 is 0. The molecule has 6 heteroatoms. The number of aromatic hydroxyl groups is 1. The average molecular weight is 464 g/mol. The van der Waals surface area contributed by atoms with Gasteiger partial charge >= 0.3 is 0 Å². The van der Waals surface area contributed by atoms with Crippen LogP contribution in [-0.2, 0) is 5.41 Å². The molecule has 5 N–H and O–H groups in total. The van der Waals surface area contributed by atoms with Crippen LogP contribution in [0.2, 0.25) is 0 Å². The molecule has 0 saturated carbocycles. The summed E-state index contributed by atoms with van der Waals surface area (Å²) in [5.74, 6) is 0.257. The van der Waals surface area contributed by atoms with Crippen molar-refractivity contribution in [3.63, 3.8) is 0 Å². The highest BCUT2D eigenvalue weighted by Gasteiger charge is 2.58. The number of hydrogen-bond acceptors (Lipinski definition) is 6. The molecular formula is C28H37N3O3. The third kappa shape index (κ3) is 4.05. The molecule has 6 nitrogen and oxygen atoms in total. The zero-order chi connectivity index (χ0) is 25.0. The Balaban J connectivity index is 2.10. The lowest BCUT2D eigenvalue weighted by atomic mass is 9.56. The van der Waals surface area contributed by atoms with E-state index in [9.17, 15) is 10.2 Å². The Labute approximate surface area is 202 Å². The summed E-state index contributed by atoms with van der Waals surface area (Å²) < 4.78 is 6.36. The molecule has 3 rings (SSSR count). The summed E-state index contributed by atoms with van der Waals surface area (Å²) in [6.07, 6.45) is 14.9. The van der Waals surface area contributed by atoms with E-state index in [-0.39, 0.29) is 18.3 Å². The Morgan fingerprint density at radius 3 is 2.50 bits per heavy atom. The molecular weight excluding hydrogens is 426 g/mol. The molecule has 0 fully saturated rings. The molecule has 0 bridgehead atoms. The van der Waals surface area contributed by atoms with Crippen LogP contribution in [0.4, 0.5) is 0 Å². The van der Waals surface area contributed by atoms with Crippen LogP contribution in [0.15, 0.2) is 49.1 Å². The van der Waals surface area contributed by atoms with Crippen molar-refractivity contribution in [2.24, 2.45) is 5.41 Å². The largest absolute Gasteiger partial charge is 0.508 e. The number of unbranched alkanes of at least 4 members (excludes halogenated alkanes) is 3. The molecule has 182 valence electrons. The van der Waals surface area contributed by atoms with Gasteiger partial charge in [-0.1, -0.05) is 38.0 Å². The topological polar surface area (TPSA) is 121 Å². The van der Waals surface area contributed by atoms with Crippen molar-refractivity contribution in [1.82, 2.24) is 0 Å². The average Bonchev–Trinajstić information content (AvgIpc) is 2.85. The molecule has 1 aliphatic carbocycles. The van der Waals surface area contributed by atoms with E-state index in [1.807, 2.05) is 25.1 Å². The Kier molecular flexibility index (Phi) is 7.61. The quantitative estimate of drug-likeness (QED) is 0.152. The minimum atomic E-state index is -1.28. The van der Waals surface area contributed by atoms with Gasteiger partial charge in [-0.15, -0.1) is 13.2 Å². The van der Waals surface area contributed by atoms with Crippen molar-refractivity contribution in [2.45, 2.75) is 68.8 Å². The van der Waals surface area contributed by atoms with Gasteiger partial charge in [0.05, 0.1) is 6.61 Å². The van der Waals surface area contributed by atoms with Crippen molar-refractivity contribution >= 4 is 18.6 Å². The van der Waals surface area contributed by atoms with Crippen LogP contribution in [0.1, 0.15) is 68.9 Å². The zero-order valence-electron chi connectivity index (χ0n) is 20.1. The molecule has 1 unspecified atom stereocenters. The monoisotopic (exact) mass is 463 g/mol. The summed E-state index contributed by atoms with van der Waals surface area (Å²) in [6.45, 7) is 9.67. The lowest BCUT2D eigenvalue weighted by Gasteiger charge is -2.54. The van der Waals surface area contributed by atoms with Crippen LogP contribution in [0.3, 0.4) is 0 Å². The zero-order valence-corrected chi connectivity index (χ0v) is 20.1. The summed E-state index contributed by atoms with van der Waals surface area (Å²) in [7, 11) is 0. The predicted octanol–water partition coefficient (Wildman–Crippen LogP) is 5.83. The van der Waals surface area contributed by atoms with Gasteiger partial charge in [0.15, 0.2) is 5.60 Å². The molecule has 2 aliphatic rings. The first-order valence-electron chi connectivity index (χ1n) is 11.9. The van der Waals surface area contributed by atoms with Crippen molar-refractivity contribution in [1.29, 1.82) is 16.2 Å². The van der Waals surface area contributed by atoms with Crippen LogP contribution < -0.4 is 4.74 Å². The van der Waals surface area contributed by atoms with E-state index < -0.39 is 16.4 Å². The molecule has 1 aromatic carbocycles. The second kappa shape index (κ2) is 10.1. The minimum absolute atomic E-state index is 0.0664. The van der Waals surface area contributed by atoms with Gasteiger partial charge < -0.3 is 31.2 Å². The van der Waals surface area contributed by atoms with Gasteiger partial charge in [0.25, 0.3) is 0 Å². The molecule has 34 heavy (non-hydrogen) atoms. The first kappa shape index (κ1) is 25.6. The maximum absolute atomic E-state index is 11.3. The normalized spacial score (nSPS) is 27.1. The number of aliphatic hydroxyl groups excluding tert-OH is 1. The van der Waals surface area contributed by atoms with Gasteiger partial charge in [-0.05, 0) is 55.4 Å². The van der Waals surface area contributed by atoms with Crippen LogP contribution in [0.5, 0.6) is 11.5 Å². The molecule has 0 radical (unpaired) electrons. The van der Waals surface area contributed by atoms with Gasteiger partial charge in [-0.3, -0.25) is 0 Å². The van der Waals surface area contributed by atoms with E-state index in [2.05, 4.69) is 13.2 Å². The minimum Gasteiger partial charge on any atom is -0.508 e. The number of benzene rings is 1. The van der Waals surface area contributed by atoms with E-state index in [0.717, 1.165) is 31.3 Å². The van der Waals surface area contributed by atoms with Crippen LogP contribution in [0.25, 0.3) is 0 Å². The number of rotatable bonds is 12. The molecule has 0 aromatic heterocycles. The first-order chi connectivity index (χ1) is 16.3. The lowest BCUT2D eigenvalue weighted by molar-refractivity contribution is 0.0177. The van der Waals surface area contributed by atoms with E-state index in [0.29, 0.717) is 36.1 Å². The van der Waals surface area contributed by atoms with Gasteiger partial charge in [-0.2, -0.15) is 0 Å². The number of phenols is 1. The third-order valence-corrected chi connectivity index (χ3v) is 7.98. The Bertz CT molecular complexity index is 996. The van der Waals surface area contributed by atoms with Crippen LogP contribution in [0, 0.1) is 21.6 Å². The fourth-order valence-electron chi connectivity index (χ4n) is 5.56. The number of nitrogens with one attached hydrogen (secondary N) is 3. The molecule has 1 aliphatic heterocycles. The maximum Gasteiger partial charge on any atom is 0.184 e. The van der Waals surface area contributed by atoms with Gasteiger partial charge in [0, 0.05) is 41.0 Å². The molecule has 0 spiro atoms. The van der Waals surface area contributed by atoms with E-state index in [1.54, 1.807) is 12.1 Å². The number of fused-ring (bicyclic) bond motifs is 3. The van der Waals surface area contributed by atoms with Gasteiger partial charge in [0.1, 0.15) is 11.5 Å². The first-order valence-corrected chi connectivity index (χ1v) is 11.9. The lowest BCUT2D eigenvalue weighted by Crippen LogP contribution is -2.59. The SMILES string of the molecule is C=CCCCCCC(C=C)(C=N)c1cc(O)c2c(c1)OC(C=N)(C=N)[C@]1(C)CC=C(CO)C[C@@H]21. The molecule has 0 amide bonds. The number of aliphatic hydroxyl groups is 1. The van der Waals surface area contributed by atoms with Crippen LogP contribution in [-0.4, -0.2) is 41.1 Å². The number of hydrogen-bond donors (Lipinski definition) is 5. The molecule has 1 aromatic rings. The Hall–Kier alpha value is -2.99. The van der Waals surface area contributed by atoms with Crippen molar-refractivity contribution in [3.8, 4) is 11.5 Å². The number of phenolic OH excluding ortho intramolecular Hbond substituents is 1. The summed E-state index contributed by atoms with van der Waals surface area (Å²) in [6, 6.07) is 3.54. The highest BCUT2D eigenvalue weighted by molar-refractivity contribution is 5.93.